The molecular formula is C14H16F2N2O. The van der Waals surface area contributed by atoms with Crippen LogP contribution in [0.25, 0.3) is 0 Å². The van der Waals surface area contributed by atoms with Crippen LogP contribution in [0.3, 0.4) is 0 Å². The highest BCUT2D eigenvalue weighted by Gasteiger charge is 2.19. The van der Waals surface area contributed by atoms with Crippen molar-refractivity contribution < 1.29 is 13.9 Å². The highest BCUT2D eigenvalue weighted by atomic mass is 19.1. The number of nitrogens with zero attached hydrogens (tertiary/aromatic N) is 2. The predicted octanol–water partition coefficient (Wildman–Crippen LogP) is 3.02. The summed E-state index contributed by atoms with van der Waals surface area (Å²) in [7, 11) is 0. The summed E-state index contributed by atoms with van der Waals surface area (Å²) in [5.41, 5.74) is 0.448. The molecule has 5 heteroatoms. The lowest BCUT2D eigenvalue weighted by molar-refractivity contribution is 0.164. The molecule has 0 radical (unpaired) electrons. The van der Waals surface area contributed by atoms with Crippen molar-refractivity contribution in [2.24, 2.45) is 0 Å². The molecule has 19 heavy (non-hydrogen) atoms. The fourth-order valence-electron chi connectivity index (χ4n) is 2.03. The third-order valence-corrected chi connectivity index (χ3v) is 3.05. The van der Waals surface area contributed by atoms with Gasteiger partial charge in [-0.3, -0.25) is 0 Å². The minimum Gasteiger partial charge on any atom is -0.386 e. The van der Waals surface area contributed by atoms with Gasteiger partial charge in [-0.05, 0) is 26.0 Å². The van der Waals surface area contributed by atoms with Crippen LogP contribution in [0.2, 0.25) is 0 Å². The number of rotatable bonds is 4. The summed E-state index contributed by atoms with van der Waals surface area (Å²) in [6, 6.07) is 3.80. The first kappa shape index (κ1) is 13.7. The zero-order chi connectivity index (χ0) is 14.0. The van der Waals surface area contributed by atoms with Crippen LogP contribution in [-0.2, 0) is 6.42 Å². The predicted molar refractivity (Wildman–Crippen MR) is 67.6 cm³/mol. The van der Waals surface area contributed by atoms with Gasteiger partial charge in [-0.2, -0.15) is 0 Å². The van der Waals surface area contributed by atoms with Crippen LogP contribution in [0.1, 0.15) is 37.3 Å². The molecule has 1 atom stereocenters. The summed E-state index contributed by atoms with van der Waals surface area (Å²) in [5.74, 6) is -1.29. The van der Waals surface area contributed by atoms with Crippen molar-refractivity contribution in [2.45, 2.75) is 32.4 Å². The second-order valence-electron chi connectivity index (χ2n) is 4.74. The van der Waals surface area contributed by atoms with Gasteiger partial charge in [0.05, 0.1) is 24.3 Å². The van der Waals surface area contributed by atoms with Crippen LogP contribution in [0.5, 0.6) is 0 Å². The van der Waals surface area contributed by atoms with Crippen LogP contribution in [0.4, 0.5) is 8.78 Å². The number of hydrogen-bond donors (Lipinski definition) is 1. The molecule has 0 aliphatic rings. The average Bonchev–Trinajstić information content (AvgIpc) is 2.83. The molecular weight excluding hydrogens is 250 g/mol. The molecule has 2 rings (SSSR count). The summed E-state index contributed by atoms with van der Waals surface area (Å²) in [5, 5.41) is 10.1. The van der Waals surface area contributed by atoms with Gasteiger partial charge in [0.1, 0.15) is 11.6 Å². The van der Waals surface area contributed by atoms with E-state index in [0.29, 0.717) is 5.69 Å². The maximum Gasteiger partial charge on any atom is 0.129 e. The molecule has 1 N–H and O–H groups in total. The number of halogens is 2. The van der Waals surface area contributed by atoms with Gasteiger partial charge in [-0.25, -0.2) is 13.8 Å². The van der Waals surface area contributed by atoms with Gasteiger partial charge in [-0.15, -0.1) is 0 Å². The first-order chi connectivity index (χ1) is 9.00. The Hall–Kier alpha value is -1.75. The molecule has 1 unspecified atom stereocenters. The van der Waals surface area contributed by atoms with Crippen molar-refractivity contribution in [3.8, 4) is 0 Å². The van der Waals surface area contributed by atoms with Crippen molar-refractivity contribution in [3.05, 3.63) is 53.6 Å². The van der Waals surface area contributed by atoms with Crippen LogP contribution in [0, 0.1) is 11.6 Å². The minimum atomic E-state index is -0.990. The number of benzene rings is 1. The van der Waals surface area contributed by atoms with E-state index in [0.717, 1.165) is 0 Å². The van der Waals surface area contributed by atoms with E-state index in [1.165, 1.54) is 24.4 Å². The van der Waals surface area contributed by atoms with Crippen LogP contribution < -0.4 is 0 Å². The van der Waals surface area contributed by atoms with Crippen LogP contribution in [0.15, 0.2) is 30.7 Å². The summed E-state index contributed by atoms with van der Waals surface area (Å²) >= 11 is 0. The average molecular weight is 266 g/mol. The Labute approximate surface area is 110 Å². The van der Waals surface area contributed by atoms with E-state index in [1.807, 2.05) is 13.8 Å². The maximum absolute atomic E-state index is 13.5. The summed E-state index contributed by atoms with van der Waals surface area (Å²) < 4.78 is 28.9. The minimum absolute atomic E-state index is 0.105. The van der Waals surface area contributed by atoms with E-state index >= 15 is 0 Å². The molecule has 0 fully saturated rings. The normalized spacial score (nSPS) is 12.9. The van der Waals surface area contributed by atoms with Gasteiger partial charge in [0.2, 0.25) is 0 Å². The molecule has 1 aromatic carbocycles. The molecule has 0 amide bonds. The molecule has 102 valence electrons. The van der Waals surface area contributed by atoms with Crippen molar-refractivity contribution in [1.29, 1.82) is 0 Å². The summed E-state index contributed by atoms with van der Waals surface area (Å²) in [4.78, 5) is 3.97. The molecule has 0 saturated heterocycles. The second-order valence-corrected chi connectivity index (χ2v) is 4.74. The molecule has 0 aliphatic carbocycles. The Morgan fingerprint density at radius 2 is 1.89 bits per heavy atom. The van der Waals surface area contributed by atoms with Crippen molar-refractivity contribution in [1.82, 2.24) is 9.55 Å². The Morgan fingerprint density at radius 1 is 1.26 bits per heavy atom. The first-order valence-corrected chi connectivity index (χ1v) is 6.13. The summed E-state index contributed by atoms with van der Waals surface area (Å²) in [6.07, 6.45) is 2.01. The maximum atomic E-state index is 13.5. The van der Waals surface area contributed by atoms with E-state index in [-0.39, 0.29) is 18.0 Å². The van der Waals surface area contributed by atoms with Crippen LogP contribution in [-0.4, -0.2) is 14.7 Å². The Balaban J connectivity index is 2.26. The van der Waals surface area contributed by atoms with Gasteiger partial charge in [-0.1, -0.05) is 6.07 Å². The van der Waals surface area contributed by atoms with Gasteiger partial charge < -0.3 is 9.67 Å². The van der Waals surface area contributed by atoms with Crippen molar-refractivity contribution in [3.63, 3.8) is 0 Å². The van der Waals surface area contributed by atoms with Gasteiger partial charge >= 0.3 is 0 Å². The van der Waals surface area contributed by atoms with E-state index in [1.54, 1.807) is 10.9 Å². The molecule has 3 nitrogen and oxygen atoms in total. The smallest absolute Gasteiger partial charge is 0.129 e. The lowest BCUT2D eigenvalue weighted by Gasteiger charge is -2.17. The topological polar surface area (TPSA) is 38.0 Å². The standard InChI is InChI=1S/C14H16F2N2O/c1-9(2)18-8-17-7-13(18)14(19)6-10-11(15)4-3-5-12(10)16/h3-5,7-9,14,19H,6H2,1-2H3. The highest BCUT2D eigenvalue weighted by molar-refractivity contribution is 5.22. The highest BCUT2D eigenvalue weighted by Crippen LogP contribution is 2.23. The number of imidazole rings is 1. The Kier molecular flexibility index (Phi) is 3.95. The number of hydrogen-bond acceptors (Lipinski definition) is 2. The van der Waals surface area contributed by atoms with Crippen molar-refractivity contribution >= 4 is 0 Å². The zero-order valence-corrected chi connectivity index (χ0v) is 10.8. The Bertz CT molecular complexity index is 546. The lowest BCUT2D eigenvalue weighted by atomic mass is 10.0. The number of aromatic nitrogens is 2. The monoisotopic (exact) mass is 266 g/mol. The molecule has 0 spiro atoms. The SMILES string of the molecule is CC(C)n1cncc1C(O)Cc1c(F)cccc1F. The van der Waals surface area contributed by atoms with E-state index in [4.69, 9.17) is 0 Å². The molecule has 1 aromatic heterocycles. The van der Waals surface area contributed by atoms with Gasteiger partial charge in [0.25, 0.3) is 0 Å². The first-order valence-electron chi connectivity index (χ1n) is 6.13. The quantitative estimate of drug-likeness (QED) is 0.923. The largest absolute Gasteiger partial charge is 0.386 e. The molecule has 1 heterocycles. The Morgan fingerprint density at radius 3 is 2.47 bits per heavy atom. The molecule has 0 aliphatic heterocycles. The van der Waals surface area contributed by atoms with E-state index in [9.17, 15) is 13.9 Å². The van der Waals surface area contributed by atoms with Crippen molar-refractivity contribution in [2.75, 3.05) is 0 Å². The molecule has 2 aromatic rings. The van der Waals surface area contributed by atoms with Gasteiger partial charge in [0.15, 0.2) is 0 Å². The van der Waals surface area contributed by atoms with Gasteiger partial charge in [0, 0.05) is 18.0 Å². The third-order valence-electron chi connectivity index (χ3n) is 3.05. The fourth-order valence-corrected chi connectivity index (χ4v) is 2.03. The fraction of sp³-hybridized carbons (Fsp3) is 0.357. The van der Waals surface area contributed by atoms with Crippen LogP contribution >= 0.6 is 0 Å². The zero-order valence-electron chi connectivity index (χ0n) is 10.8. The number of aliphatic hydroxyl groups is 1. The molecule has 0 saturated carbocycles. The van der Waals surface area contributed by atoms with E-state index in [2.05, 4.69) is 4.98 Å². The second kappa shape index (κ2) is 5.48. The third kappa shape index (κ3) is 2.81. The summed E-state index contributed by atoms with van der Waals surface area (Å²) in [6.45, 7) is 3.89. The lowest BCUT2D eigenvalue weighted by Crippen LogP contribution is -2.12. The van der Waals surface area contributed by atoms with E-state index < -0.39 is 17.7 Å². The molecule has 0 bridgehead atoms. The number of aliphatic hydroxyl groups excluding tert-OH is 1.